The van der Waals surface area contributed by atoms with E-state index in [2.05, 4.69) is 20.5 Å². The first-order chi connectivity index (χ1) is 7.90. The Morgan fingerprint density at radius 1 is 1.47 bits per heavy atom. The molecule has 1 amide bonds. The van der Waals surface area contributed by atoms with Crippen molar-refractivity contribution in [2.45, 2.75) is 33.2 Å². The molecule has 1 aromatic rings. The lowest BCUT2D eigenvalue weighted by molar-refractivity contribution is -0.137. The third-order valence-electron chi connectivity index (χ3n) is 2.32. The summed E-state index contributed by atoms with van der Waals surface area (Å²) in [5.41, 5.74) is 0. The number of aliphatic carboxylic acids is 1. The normalized spacial score (nSPS) is 12.5. The number of amides is 1. The van der Waals surface area contributed by atoms with E-state index in [1.165, 1.54) is 0 Å². The average molecular weight is 240 g/mol. The summed E-state index contributed by atoms with van der Waals surface area (Å²) in [6, 6.07) is -0.432. The van der Waals surface area contributed by atoms with Crippen molar-refractivity contribution in [3.05, 3.63) is 11.6 Å². The van der Waals surface area contributed by atoms with Gasteiger partial charge in [-0.25, -0.2) is 4.98 Å². The van der Waals surface area contributed by atoms with Gasteiger partial charge in [-0.2, -0.15) is 0 Å². The van der Waals surface area contributed by atoms with Gasteiger partial charge in [0.25, 0.3) is 5.91 Å². The van der Waals surface area contributed by atoms with Gasteiger partial charge in [-0.3, -0.25) is 14.7 Å². The largest absolute Gasteiger partial charge is 0.481 e. The molecule has 0 radical (unpaired) electrons. The number of carbonyl (C=O) groups is 2. The van der Waals surface area contributed by atoms with Crippen LogP contribution in [0.4, 0.5) is 0 Å². The fraction of sp³-hybridized carbons (Fsp3) is 0.600. The number of nitrogens with zero attached hydrogens (tertiary/aromatic N) is 2. The highest BCUT2D eigenvalue weighted by Crippen LogP contribution is 2.07. The van der Waals surface area contributed by atoms with Crippen LogP contribution in [0.2, 0.25) is 0 Å². The van der Waals surface area contributed by atoms with Crippen LogP contribution in [0.5, 0.6) is 0 Å². The van der Waals surface area contributed by atoms with Crippen LogP contribution in [0, 0.1) is 12.8 Å². The lowest BCUT2D eigenvalue weighted by Crippen LogP contribution is -2.40. The van der Waals surface area contributed by atoms with Crippen molar-refractivity contribution in [2.75, 3.05) is 0 Å². The monoisotopic (exact) mass is 240 g/mol. The third kappa shape index (κ3) is 3.86. The quantitative estimate of drug-likeness (QED) is 0.687. The molecule has 7 nitrogen and oxygen atoms in total. The summed E-state index contributed by atoms with van der Waals surface area (Å²) in [7, 11) is 0. The van der Waals surface area contributed by atoms with Crippen molar-refractivity contribution in [1.82, 2.24) is 20.5 Å². The predicted molar refractivity (Wildman–Crippen MR) is 59.5 cm³/mol. The number of carboxylic acid groups (broad SMARTS) is 1. The fourth-order valence-electron chi connectivity index (χ4n) is 1.32. The van der Waals surface area contributed by atoms with Crippen molar-refractivity contribution in [1.29, 1.82) is 0 Å². The molecule has 1 rings (SSSR count). The van der Waals surface area contributed by atoms with Gasteiger partial charge in [0.2, 0.25) is 5.82 Å². The molecule has 0 bridgehead atoms. The molecular formula is C10H16N4O3. The van der Waals surface area contributed by atoms with Gasteiger partial charge in [0.1, 0.15) is 5.82 Å². The summed E-state index contributed by atoms with van der Waals surface area (Å²) in [6.07, 6.45) is -0.118. The van der Waals surface area contributed by atoms with Crippen LogP contribution < -0.4 is 5.32 Å². The Kier molecular flexibility index (Phi) is 4.19. The van der Waals surface area contributed by atoms with Gasteiger partial charge in [-0.05, 0) is 12.8 Å². The number of aromatic amines is 1. The standard InChI is InChI=1S/C10H16N4O3/c1-5(2)7(4-8(15)16)12-10(17)9-11-6(3)13-14-9/h5,7H,4H2,1-3H3,(H,12,17)(H,15,16)(H,11,13,14). The maximum atomic E-state index is 11.7. The van der Waals surface area contributed by atoms with Crippen LogP contribution in [-0.4, -0.2) is 38.2 Å². The minimum absolute atomic E-state index is 0.0232. The molecule has 7 heteroatoms. The Balaban J connectivity index is 2.67. The third-order valence-corrected chi connectivity index (χ3v) is 2.32. The minimum atomic E-state index is -0.949. The molecule has 1 unspecified atom stereocenters. The molecule has 0 aliphatic carbocycles. The lowest BCUT2D eigenvalue weighted by Gasteiger charge is -2.19. The number of nitrogens with one attached hydrogen (secondary N) is 2. The molecule has 1 aromatic heterocycles. The Morgan fingerprint density at radius 2 is 2.12 bits per heavy atom. The molecule has 0 aliphatic rings. The van der Waals surface area contributed by atoms with E-state index in [0.29, 0.717) is 5.82 Å². The van der Waals surface area contributed by atoms with Gasteiger partial charge in [-0.15, -0.1) is 5.10 Å². The summed E-state index contributed by atoms with van der Waals surface area (Å²) in [5, 5.41) is 17.6. The first-order valence-electron chi connectivity index (χ1n) is 5.31. The highest BCUT2D eigenvalue weighted by atomic mass is 16.4. The van der Waals surface area contributed by atoms with E-state index in [4.69, 9.17) is 5.11 Å². The summed E-state index contributed by atoms with van der Waals surface area (Å²) < 4.78 is 0. The smallest absolute Gasteiger partial charge is 0.305 e. The predicted octanol–water partition coefficient (Wildman–Crippen LogP) is 0.342. The van der Waals surface area contributed by atoms with Crippen molar-refractivity contribution in [2.24, 2.45) is 5.92 Å². The molecule has 0 saturated heterocycles. The zero-order chi connectivity index (χ0) is 13.0. The SMILES string of the molecule is Cc1nc(C(=O)NC(CC(=O)O)C(C)C)n[nH]1. The molecule has 0 fully saturated rings. The van der Waals surface area contributed by atoms with Crippen LogP contribution >= 0.6 is 0 Å². The van der Waals surface area contributed by atoms with Gasteiger partial charge in [0.15, 0.2) is 0 Å². The summed E-state index contributed by atoms with van der Waals surface area (Å²) >= 11 is 0. The van der Waals surface area contributed by atoms with E-state index in [9.17, 15) is 9.59 Å². The molecule has 3 N–H and O–H groups in total. The van der Waals surface area contributed by atoms with Crippen LogP contribution in [0.15, 0.2) is 0 Å². The highest BCUT2D eigenvalue weighted by Gasteiger charge is 2.21. The number of aromatic nitrogens is 3. The molecule has 1 heterocycles. The van der Waals surface area contributed by atoms with E-state index >= 15 is 0 Å². The number of carbonyl (C=O) groups excluding carboxylic acids is 1. The second-order valence-electron chi connectivity index (χ2n) is 4.17. The molecule has 0 aliphatic heterocycles. The summed E-state index contributed by atoms with van der Waals surface area (Å²) in [4.78, 5) is 26.2. The molecule has 1 atom stereocenters. The number of aryl methyl sites for hydroxylation is 1. The summed E-state index contributed by atoms with van der Waals surface area (Å²) in [6.45, 7) is 5.37. The van der Waals surface area contributed by atoms with Crippen molar-refractivity contribution < 1.29 is 14.7 Å². The molecule has 0 spiro atoms. The molecule has 0 aromatic carbocycles. The van der Waals surface area contributed by atoms with Gasteiger partial charge >= 0.3 is 5.97 Å². The Morgan fingerprint density at radius 3 is 2.53 bits per heavy atom. The number of rotatable bonds is 5. The van der Waals surface area contributed by atoms with Crippen molar-refractivity contribution in [3.63, 3.8) is 0 Å². The molecule has 17 heavy (non-hydrogen) atoms. The Labute approximate surface area is 98.6 Å². The topological polar surface area (TPSA) is 108 Å². The van der Waals surface area contributed by atoms with E-state index < -0.39 is 17.9 Å². The first kappa shape index (κ1) is 13.1. The average Bonchev–Trinajstić information content (AvgIpc) is 2.63. The maximum Gasteiger partial charge on any atom is 0.305 e. The Hall–Kier alpha value is -1.92. The zero-order valence-electron chi connectivity index (χ0n) is 10.0. The number of hydrogen-bond acceptors (Lipinski definition) is 4. The van der Waals surface area contributed by atoms with Gasteiger partial charge < -0.3 is 10.4 Å². The van der Waals surface area contributed by atoms with Crippen molar-refractivity contribution in [3.8, 4) is 0 Å². The van der Waals surface area contributed by atoms with E-state index in [0.717, 1.165) is 0 Å². The van der Waals surface area contributed by atoms with Crippen LogP contribution in [0.3, 0.4) is 0 Å². The van der Waals surface area contributed by atoms with E-state index in [1.54, 1.807) is 6.92 Å². The number of H-pyrrole nitrogens is 1. The lowest BCUT2D eigenvalue weighted by atomic mass is 10.0. The van der Waals surface area contributed by atoms with Crippen LogP contribution in [0.1, 0.15) is 36.7 Å². The van der Waals surface area contributed by atoms with E-state index in [-0.39, 0.29) is 18.2 Å². The number of carboxylic acids is 1. The van der Waals surface area contributed by atoms with Gasteiger partial charge in [0, 0.05) is 6.04 Å². The zero-order valence-corrected chi connectivity index (χ0v) is 10.0. The van der Waals surface area contributed by atoms with Crippen LogP contribution in [0.25, 0.3) is 0 Å². The van der Waals surface area contributed by atoms with Crippen molar-refractivity contribution >= 4 is 11.9 Å². The maximum absolute atomic E-state index is 11.7. The minimum Gasteiger partial charge on any atom is -0.481 e. The molecular weight excluding hydrogens is 224 g/mol. The Bertz CT molecular complexity index is 413. The first-order valence-corrected chi connectivity index (χ1v) is 5.31. The second kappa shape index (κ2) is 5.42. The van der Waals surface area contributed by atoms with Crippen LogP contribution in [-0.2, 0) is 4.79 Å². The molecule has 0 saturated carbocycles. The van der Waals surface area contributed by atoms with Gasteiger partial charge in [0.05, 0.1) is 6.42 Å². The second-order valence-corrected chi connectivity index (χ2v) is 4.17. The number of hydrogen-bond donors (Lipinski definition) is 3. The highest BCUT2D eigenvalue weighted by molar-refractivity contribution is 5.90. The summed E-state index contributed by atoms with van der Waals surface area (Å²) in [5.74, 6) is -0.826. The fourth-order valence-corrected chi connectivity index (χ4v) is 1.32. The van der Waals surface area contributed by atoms with E-state index in [1.807, 2.05) is 13.8 Å². The van der Waals surface area contributed by atoms with Gasteiger partial charge in [-0.1, -0.05) is 13.8 Å². The molecule has 94 valence electrons.